The summed E-state index contributed by atoms with van der Waals surface area (Å²) in [5.74, 6) is -0.0610. The predicted octanol–water partition coefficient (Wildman–Crippen LogP) is 3.32. The van der Waals surface area contributed by atoms with Gasteiger partial charge in [-0.25, -0.2) is 9.59 Å². The Morgan fingerprint density at radius 1 is 1.05 bits per heavy atom. The molecule has 0 aliphatic carbocycles. The van der Waals surface area contributed by atoms with E-state index < -0.39 is 6.04 Å². The van der Waals surface area contributed by atoms with Crippen molar-refractivity contribution < 1.29 is 14.4 Å². The molecule has 0 spiro atoms. The summed E-state index contributed by atoms with van der Waals surface area (Å²) in [6.07, 6.45) is 3.57. The molecule has 1 aromatic carbocycles. The number of hydrogen-bond acceptors (Lipinski definition) is 7. The molecule has 0 radical (unpaired) electrons. The van der Waals surface area contributed by atoms with Crippen molar-refractivity contribution in [3.05, 3.63) is 45.3 Å². The molecule has 3 saturated heterocycles. The van der Waals surface area contributed by atoms with Crippen LogP contribution in [-0.4, -0.2) is 108 Å². The molecule has 4 aliphatic rings. The molecule has 1 aromatic heterocycles. The van der Waals surface area contributed by atoms with Crippen molar-refractivity contribution in [3.8, 4) is 0 Å². The lowest BCUT2D eigenvalue weighted by Crippen LogP contribution is -2.58. The van der Waals surface area contributed by atoms with E-state index in [1.807, 2.05) is 28.2 Å². The summed E-state index contributed by atoms with van der Waals surface area (Å²) >= 11 is 7.94. The Hall–Kier alpha value is -3.06. The van der Waals surface area contributed by atoms with Crippen molar-refractivity contribution in [1.29, 1.82) is 0 Å². The van der Waals surface area contributed by atoms with Crippen LogP contribution in [0.4, 0.5) is 20.3 Å². The van der Waals surface area contributed by atoms with Gasteiger partial charge >= 0.3 is 12.1 Å². The zero-order valence-electron chi connectivity index (χ0n) is 25.3. The molecule has 0 bridgehead atoms. The van der Waals surface area contributed by atoms with Gasteiger partial charge in [-0.2, -0.15) is 0 Å². The van der Waals surface area contributed by atoms with E-state index in [1.54, 1.807) is 22.3 Å². The third-order valence-corrected chi connectivity index (χ3v) is 10.8. The topological polar surface area (TPSA) is 126 Å². The fourth-order valence-corrected chi connectivity index (χ4v) is 8.10. The second kappa shape index (κ2) is 13.5. The molecule has 2 aromatic rings. The fraction of sp³-hybridized carbons (Fsp3) is 0.581. The van der Waals surface area contributed by atoms with E-state index in [0.717, 1.165) is 60.7 Å². The molecular formula is C31H43ClN8O3S. The number of rotatable bonds is 6. The molecule has 5 N–H and O–H groups in total. The maximum absolute atomic E-state index is 14.0. The molecule has 1 atom stereocenters. The van der Waals surface area contributed by atoms with Crippen LogP contribution in [0.2, 0.25) is 5.02 Å². The summed E-state index contributed by atoms with van der Waals surface area (Å²) in [5.41, 5.74) is 9.45. The van der Waals surface area contributed by atoms with Crippen LogP contribution < -0.4 is 21.7 Å². The number of nitrogens with one attached hydrogen (secondary N) is 3. The Labute approximate surface area is 268 Å². The molecule has 0 saturated carbocycles. The lowest BCUT2D eigenvalue weighted by molar-refractivity contribution is -0.134. The Bertz CT molecular complexity index is 1340. The third kappa shape index (κ3) is 6.78. The number of carbonyl (C=O) groups excluding carboxylic acids is 3. The minimum absolute atomic E-state index is 0.0569. The van der Waals surface area contributed by atoms with Crippen LogP contribution in [0.5, 0.6) is 0 Å². The van der Waals surface area contributed by atoms with Gasteiger partial charge in [0.25, 0.3) is 0 Å². The van der Waals surface area contributed by atoms with E-state index in [4.69, 9.17) is 17.3 Å². The van der Waals surface area contributed by atoms with Gasteiger partial charge in [-0.1, -0.05) is 17.7 Å². The van der Waals surface area contributed by atoms with E-state index >= 15 is 0 Å². The van der Waals surface area contributed by atoms with Crippen molar-refractivity contribution in [2.24, 2.45) is 0 Å². The second-order valence-electron chi connectivity index (χ2n) is 12.4. The zero-order chi connectivity index (χ0) is 30.8. The quantitative estimate of drug-likeness (QED) is 0.358. The number of urea groups is 2. The summed E-state index contributed by atoms with van der Waals surface area (Å²) < 4.78 is 0. The standard InChI is InChI=1S/C31H43ClN8O3S/c1-20-16-21(17-25(32)27(20)33)18-26(29(41)38-9-2-23(3-10-38)37-13-7-34-8-14-37)35-30(42)39-11-4-24(5-12-39)40-19-22-6-15-44-28(22)36-31(40)43/h6,15-17,23-24,26,34H,2-5,7-14,18-19,33H2,1H3,(H,35,42)(H,36,43)/t26-/m1/s1. The number of halogens is 1. The summed E-state index contributed by atoms with van der Waals surface area (Å²) in [5, 5.41) is 12.9. The number of nitrogens with zero attached hydrogens (tertiary/aromatic N) is 4. The van der Waals surface area contributed by atoms with Crippen molar-refractivity contribution in [3.63, 3.8) is 0 Å². The van der Waals surface area contributed by atoms with E-state index in [2.05, 4.69) is 26.9 Å². The van der Waals surface area contributed by atoms with Crippen molar-refractivity contribution >= 4 is 51.6 Å². The fourth-order valence-electron chi connectivity index (χ4n) is 7.01. The minimum Gasteiger partial charge on any atom is -0.397 e. The number of aryl methyl sites for hydroxylation is 1. The second-order valence-corrected chi connectivity index (χ2v) is 13.7. The summed E-state index contributed by atoms with van der Waals surface area (Å²) in [4.78, 5) is 48.4. The highest BCUT2D eigenvalue weighted by Crippen LogP contribution is 2.32. The number of piperidine rings is 2. The van der Waals surface area contributed by atoms with Gasteiger partial charge in [0, 0.05) is 76.4 Å². The Balaban J connectivity index is 1.09. The molecular weight excluding hydrogens is 600 g/mol. The zero-order valence-corrected chi connectivity index (χ0v) is 26.9. The molecule has 13 heteroatoms. The first-order chi connectivity index (χ1) is 21.3. The van der Waals surface area contributed by atoms with Crippen LogP contribution >= 0.6 is 22.9 Å². The van der Waals surface area contributed by atoms with E-state index in [9.17, 15) is 14.4 Å². The van der Waals surface area contributed by atoms with Crippen LogP contribution in [0.15, 0.2) is 23.6 Å². The molecule has 4 aliphatic heterocycles. The first-order valence-corrected chi connectivity index (χ1v) is 17.0. The van der Waals surface area contributed by atoms with Crippen LogP contribution in [0, 0.1) is 6.92 Å². The van der Waals surface area contributed by atoms with Gasteiger partial charge in [-0.05, 0) is 61.2 Å². The maximum Gasteiger partial charge on any atom is 0.323 e. The van der Waals surface area contributed by atoms with E-state index in [1.165, 1.54) is 0 Å². The molecule has 6 rings (SSSR count). The lowest BCUT2D eigenvalue weighted by Gasteiger charge is -2.41. The number of nitrogens with two attached hydrogens (primary N) is 1. The molecule has 238 valence electrons. The Morgan fingerprint density at radius 3 is 2.43 bits per heavy atom. The molecule has 3 fully saturated rings. The molecule has 5 heterocycles. The van der Waals surface area contributed by atoms with Crippen LogP contribution in [0.25, 0.3) is 0 Å². The number of nitrogen functional groups attached to an aromatic ring is 1. The van der Waals surface area contributed by atoms with Crippen molar-refractivity contribution in [2.75, 3.05) is 63.4 Å². The monoisotopic (exact) mass is 642 g/mol. The van der Waals surface area contributed by atoms with Gasteiger partial charge in [-0.3, -0.25) is 15.0 Å². The molecule has 5 amide bonds. The normalized spacial score (nSPS) is 21.1. The number of hydrogen-bond donors (Lipinski definition) is 4. The number of carbonyl (C=O) groups is 3. The summed E-state index contributed by atoms with van der Waals surface area (Å²) in [6.45, 7) is 8.98. The summed E-state index contributed by atoms with van der Waals surface area (Å²) in [7, 11) is 0. The number of anilines is 2. The van der Waals surface area contributed by atoms with E-state index in [-0.39, 0.29) is 24.0 Å². The molecule has 44 heavy (non-hydrogen) atoms. The first kappa shape index (κ1) is 30.9. The van der Waals surface area contributed by atoms with Gasteiger partial charge in [0.15, 0.2) is 0 Å². The number of likely N-dealkylation sites (tertiary alicyclic amines) is 2. The maximum atomic E-state index is 14.0. The van der Waals surface area contributed by atoms with Gasteiger partial charge in [0.05, 0.1) is 17.3 Å². The number of piperazine rings is 1. The molecule has 11 nitrogen and oxygen atoms in total. The number of amides is 5. The average Bonchev–Trinajstić information content (AvgIpc) is 3.50. The predicted molar refractivity (Wildman–Crippen MR) is 174 cm³/mol. The van der Waals surface area contributed by atoms with Crippen LogP contribution in [-0.2, 0) is 17.8 Å². The number of thiophene rings is 1. The highest BCUT2D eigenvalue weighted by atomic mass is 35.5. The van der Waals surface area contributed by atoms with Gasteiger partial charge < -0.3 is 31.1 Å². The Morgan fingerprint density at radius 2 is 1.73 bits per heavy atom. The van der Waals surface area contributed by atoms with Gasteiger partial charge in [0.2, 0.25) is 5.91 Å². The van der Waals surface area contributed by atoms with Crippen molar-refractivity contribution in [2.45, 2.75) is 63.7 Å². The first-order valence-electron chi connectivity index (χ1n) is 15.7. The third-order valence-electron chi connectivity index (χ3n) is 9.64. The number of benzene rings is 1. The van der Waals surface area contributed by atoms with Crippen molar-refractivity contribution in [1.82, 2.24) is 30.2 Å². The average molecular weight is 643 g/mol. The smallest absolute Gasteiger partial charge is 0.323 e. The minimum atomic E-state index is -0.722. The van der Waals surface area contributed by atoms with Crippen LogP contribution in [0.3, 0.4) is 0 Å². The van der Waals surface area contributed by atoms with E-state index in [0.29, 0.717) is 68.7 Å². The summed E-state index contributed by atoms with van der Waals surface area (Å²) in [6, 6.07) is 5.28. The van der Waals surface area contributed by atoms with Gasteiger partial charge in [-0.15, -0.1) is 11.3 Å². The van der Waals surface area contributed by atoms with Gasteiger partial charge in [0.1, 0.15) is 11.0 Å². The highest BCUT2D eigenvalue weighted by Gasteiger charge is 2.36. The largest absolute Gasteiger partial charge is 0.397 e. The highest BCUT2D eigenvalue weighted by molar-refractivity contribution is 7.14. The lowest BCUT2D eigenvalue weighted by atomic mass is 9.98. The number of fused-ring (bicyclic) bond motifs is 1. The SMILES string of the molecule is Cc1cc(C[C@@H](NC(=O)N2CCC(N3Cc4ccsc4NC3=O)CC2)C(=O)N2CCC(N3CCNCC3)CC2)cc(Cl)c1N. The molecule has 0 unspecified atom stereocenters. The van der Waals surface area contributed by atoms with Crippen LogP contribution in [0.1, 0.15) is 42.4 Å². The Kier molecular flexibility index (Phi) is 9.51.